The Balaban J connectivity index is 2.48. The maximum atomic E-state index is 13.2. The molecule has 2 rings (SSSR count). The molecule has 2 aromatic rings. The maximum absolute atomic E-state index is 13.2. The number of pyridine rings is 1. The van der Waals surface area contributed by atoms with E-state index in [-0.39, 0.29) is 5.82 Å². The number of aryl methyl sites for hydroxylation is 1. The highest BCUT2D eigenvalue weighted by molar-refractivity contribution is 5.64. The fourth-order valence-electron chi connectivity index (χ4n) is 1.76. The van der Waals surface area contributed by atoms with Crippen molar-refractivity contribution in [3.8, 4) is 11.1 Å². The zero-order chi connectivity index (χ0) is 13.3. The third-order valence-corrected chi connectivity index (χ3v) is 2.94. The van der Waals surface area contributed by atoms with Crippen molar-refractivity contribution in [3.05, 3.63) is 53.6 Å². The molecule has 1 heterocycles. The minimum Gasteiger partial charge on any atom is -0.386 e. The molecule has 0 bridgehead atoms. The van der Waals surface area contributed by atoms with E-state index in [2.05, 4.69) is 4.98 Å². The van der Waals surface area contributed by atoms with Gasteiger partial charge in [0.15, 0.2) is 0 Å². The molecule has 0 aliphatic rings. The lowest BCUT2D eigenvalue weighted by Gasteiger charge is -2.18. The molecule has 0 unspecified atom stereocenters. The van der Waals surface area contributed by atoms with Crippen LogP contribution in [-0.4, -0.2) is 10.1 Å². The standard InChI is InChI=1S/C15H16FNO/c1-10-6-11(4-5-14(10)16)12-7-13(9-17-8-12)15(2,3)18/h4-9,18H,1-3H3. The summed E-state index contributed by atoms with van der Waals surface area (Å²) < 4.78 is 13.2. The van der Waals surface area contributed by atoms with Gasteiger partial charge in [-0.2, -0.15) is 0 Å². The molecule has 0 radical (unpaired) electrons. The summed E-state index contributed by atoms with van der Waals surface area (Å²) in [7, 11) is 0. The van der Waals surface area contributed by atoms with Gasteiger partial charge in [-0.1, -0.05) is 6.07 Å². The molecule has 2 nitrogen and oxygen atoms in total. The van der Waals surface area contributed by atoms with Crippen LogP contribution in [0.1, 0.15) is 25.0 Å². The minimum atomic E-state index is -0.932. The van der Waals surface area contributed by atoms with Crippen molar-refractivity contribution in [1.82, 2.24) is 4.98 Å². The van der Waals surface area contributed by atoms with Crippen molar-refractivity contribution in [2.24, 2.45) is 0 Å². The van der Waals surface area contributed by atoms with Gasteiger partial charge in [0.1, 0.15) is 5.82 Å². The average molecular weight is 245 g/mol. The largest absolute Gasteiger partial charge is 0.386 e. The van der Waals surface area contributed by atoms with Gasteiger partial charge in [0, 0.05) is 23.5 Å². The Hall–Kier alpha value is -1.74. The van der Waals surface area contributed by atoms with E-state index in [0.29, 0.717) is 5.56 Å². The molecule has 0 saturated heterocycles. The summed E-state index contributed by atoms with van der Waals surface area (Å²) in [6, 6.07) is 6.81. The van der Waals surface area contributed by atoms with Gasteiger partial charge in [-0.15, -0.1) is 0 Å². The Morgan fingerprint density at radius 1 is 1.11 bits per heavy atom. The van der Waals surface area contributed by atoms with Crippen molar-refractivity contribution in [1.29, 1.82) is 0 Å². The fraction of sp³-hybridized carbons (Fsp3) is 0.267. The fourth-order valence-corrected chi connectivity index (χ4v) is 1.76. The molecule has 0 aliphatic carbocycles. The summed E-state index contributed by atoms with van der Waals surface area (Å²) in [6.07, 6.45) is 3.35. The molecule has 1 aromatic carbocycles. The normalized spacial score (nSPS) is 11.6. The second-order valence-electron chi connectivity index (χ2n) is 4.99. The number of rotatable bonds is 2. The lowest BCUT2D eigenvalue weighted by atomic mass is 9.96. The minimum absolute atomic E-state index is 0.217. The molecule has 0 fully saturated rings. The summed E-state index contributed by atoms with van der Waals surface area (Å²) in [5.74, 6) is -0.217. The van der Waals surface area contributed by atoms with Crippen LogP contribution in [0.5, 0.6) is 0 Å². The first-order chi connectivity index (χ1) is 8.38. The average Bonchev–Trinajstić information content (AvgIpc) is 2.32. The van der Waals surface area contributed by atoms with Crippen LogP contribution in [0.15, 0.2) is 36.7 Å². The molecular formula is C15H16FNO. The zero-order valence-electron chi connectivity index (χ0n) is 10.7. The van der Waals surface area contributed by atoms with Gasteiger partial charge in [0.05, 0.1) is 5.60 Å². The number of hydrogen-bond donors (Lipinski definition) is 1. The van der Waals surface area contributed by atoms with E-state index in [1.165, 1.54) is 6.07 Å². The van der Waals surface area contributed by atoms with Crippen molar-refractivity contribution in [3.63, 3.8) is 0 Å². The van der Waals surface area contributed by atoms with Gasteiger partial charge >= 0.3 is 0 Å². The molecule has 0 aliphatic heterocycles. The summed E-state index contributed by atoms with van der Waals surface area (Å²) in [5, 5.41) is 9.96. The van der Waals surface area contributed by atoms with E-state index in [1.54, 1.807) is 45.3 Å². The van der Waals surface area contributed by atoms with Crippen LogP contribution in [0, 0.1) is 12.7 Å². The van der Waals surface area contributed by atoms with Gasteiger partial charge in [-0.05, 0) is 50.1 Å². The van der Waals surface area contributed by atoms with Crippen molar-refractivity contribution < 1.29 is 9.50 Å². The molecule has 3 heteroatoms. The third kappa shape index (κ3) is 2.57. The van der Waals surface area contributed by atoms with Crippen LogP contribution >= 0.6 is 0 Å². The summed E-state index contributed by atoms with van der Waals surface area (Å²) in [5.41, 5.74) is 2.17. The first kappa shape index (κ1) is 12.7. The second-order valence-corrected chi connectivity index (χ2v) is 4.99. The van der Waals surface area contributed by atoms with Crippen LogP contribution < -0.4 is 0 Å². The summed E-state index contributed by atoms with van der Waals surface area (Å²) in [6.45, 7) is 5.15. The van der Waals surface area contributed by atoms with Gasteiger partial charge in [-0.3, -0.25) is 4.98 Å². The Morgan fingerprint density at radius 2 is 1.83 bits per heavy atom. The van der Waals surface area contributed by atoms with Gasteiger partial charge in [0.25, 0.3) is 0 Å². The maximum Gasteiger partial charge on any atom is 0.126 e. The number of benzene rings is 1. The molecule has 0 amide bonds. The van der Waals surface area contributed by atoms with E-state index in [4.69, 9.17) is 0 Å². The monoisotopic (exact) mass is 245 g/mol. The second kappa shape index (κ2) is 4.50. The highest BCUT2D eigenvalue weighted by Crippen LogP contribution is 2.26. The molecule has 1 N–H and O–H groups in total. The smallest absolute Gasteiger partial charge is 0.126 e. The third-order valence-electron chi connectivity index (χ3n) is 2.94. The SMILES string of the molecule is Cc1cc(-c2cncc(C(C)(C)O)c2)ccc1F. The predicted molar refractivity (Wildman–Crippen MR) is 69.6 cm³/mol. The van der Waals surface area contributed by atoms with Crippen LogP contribution in [0.25, 0.3) is 11.1 Å². The molecule has 0 saturated carbocycles. The Morgan fingerprint density at radius 3 is 2.44 bits per heavy atom. The number of hydrogen-bond acceptors (Lipinski definition) is 2. The molecule has 18 heavy (non-hydrogen) atoms. The van der Waals surface area contributed by atoms with Crippen LogP contribution in [-0.2, 0) is 5.60 Å². The Bertz CT molecular complexity index is 573. The first-order valence-electron chi connectivity index (χ1n) is 5.82. The highest BCUT2D eigenvalue weighted by Gasteiger charge is 2.16. The van der Waals surface area contributed by atoms with Gasteiger partial charge < -0.3 is 5.11 Å². The van der Waals surface area contributed by atoms with Crippen molar-refractivity contribution in [2.75, 3.05) is 0 Å². The molecule has 94 valence electrons. The summed E-state index contributed by atoms with van der Waals surface area (Å²) in [4.78, 5) is 4.13. The highest BCUT2D eigenvalue weighted by atomic mass is 19.1. The van der Waals surface area contributed by atoms with E-state index in [1.807, 2.05) is 6.07 Å². The molecular weight excluding hydrogens is 229 g/mol. The lowest BCUT2D eigenvalue weighted by Crippen LogP contribution is -2.15. The van der Waals surface area contributed by atoms with E-state index in [0.717, 1.165) is 16.7 Å². The zero-order valence-corrected chi connectivity index (χ0v) is 10.7. The molecule has 0 spiro atoms. The molecule has 1 aromatic heterocycles. The van der Waals surface area contributed by atoms with Crippen LogP contribution in [0.4, 0.5) is 4.39 Å². The first-order valence-corrected chi connectivity index (χ1v) is 5.82. The quantitative estimate of drug-likeness (QED) is 0.879. The predicted octanol–water partition coefficient (Wildman–Crippen LogP) is 3.42. The van der Waals surface area contributed by atoms with Gasteiger partial charge in [-0.25, -0.2) is 4.39 Å². The number of halogens is 1. The molecule has 0 atom stereocenters. The topological polar surface area (TPSA) is 33.1 Å². The van der Waals surface area contributed by atoms with E-state index >= 15 is 0 Å². The van der Waals surface area contributed by atoms with Gasteiger partial charge in [0.2, 0.25) is 0 Å². The number of aliphatic hydroxyl groups is 1. The number of aromatic nitrogens is 1. The Kier molecular flexibility index (Phi) is 3.18. The van der Waals surface area contributed by atoms with E-state index in [9.17, 15) is 9.50 Å². The van der Waals surface area contributed by atoms with E-state index < -0.39 is 5.60 Å². The lowest BCUT2D eigenvalue weighted by molar-refractivity contribution is 0.0783. The Labute approximate surface area is 106 Å². The van der Waals surface area contributed by atoms with Crippen LogP contribution in [0.2, 0.25) is 0 Å². The van der Waals surface area contributed by atoms with Crippen molar-refractivity contribution >= 4 is 0 Å². The number of nitrogens with zero attached hydrogens (tertiary/aromatic N) is 1. The van der Waals surface area contributed by atoms with Crippen LogP contribution in [0.3, 0.4) is 0 Å². The summed E-state index contributed by atoms with van der Waals surface area (Å²) >= 11 is 0. The van der Waals surface area contributed by atoms with Crippen molar-refractivity contribution in [2.45, 2.75) is 26.4 Å².